The van der Waals surface area contributed by atoms with Gasteiger partial charge in [-0.3, -0.25) is 9.69 Å². The predicted molar refractivity (Wildman–Crippen MR) is 77.6 cm³/mol. The van der Waals surface area contributed by atoms with Crippen molar-refractivity contribution < 1.29 is 9.53 Å². The molecule has 2 aliphatic heterocycles. The number of morpholine rings is 1. The van der Waals surface area contributed by atoms with Gasteiger partial charge in [-0.25, -0.2) is 4.98 Å². The standard InChI is InChI=1S/C13H20N4O2S/c14-13-16-9(8-20-13)4-12(18)15-5-11-6-17-3-1-2-10(17)7-19-11/h8,10-11H,1-7H2,(H2,14,16)(H,15,18). The topological polar surface area (TPSA) is 80.5 Å². The van der Waals surface area contributed by atoms with Gasteiger partial charge in [0, 0.05) is 24.5 Å². The second kappa shape index (κ2) is 6.07. The summed E-state index contributed by atoms with van der Waals surface area (Å²) >= 11 is 1.36. The smallest absolute Gasteiger partial charge is 0.226 e. The monoisotopic (exact) mass is 296 g/mol. The van der Waals surface area contributed by atoms with Gasteiger partial charge >= 0.3 is 0 Å². The Balaban J connectivity index is 1.41. The minimum Gasteiger partial charge on any atom is -0.375 e. The zero-order chi connectivity index (χ0) is 13.9. The maximum absolute atomic E-state index is 11.8. The maximum Gasteiger partial charge on any atom is 0.226 e. The number of aromatic nitrogens is 1. The Hall–Kier alpha value is -1.18. The molecular formula is C13H20N4O2S. The van der Waals surface area contributed by atoms with Gasteiger partial charge in [0.25, 0.3) is 0 Å². The predicted octanol–water partition coefficient (Wildman–Crippen LogP) is 0.247. The molecule has 7 heteroatoms. The minimum absolute atomic E-state index is 0.0255. The van der Waals surface area contributed by atoms with Crippen LogP contribution in [0, 0.1) is 0 Å². The summed E-state index contributed by atoms with van der Waals surface area (Å²) in [5.41, 5.74) is 6.28. The van der Waals surface area contributed by atoms with Crippen molar-refractivity contribution in [1.29, 1.82) is 0 Å². The molecule has 6 nitrogen and oxygen atoms in total. The Morgan fingerprint density at radius 1 is 1.65 bits per heavy atom. The summed E-state index contributed by atoms with van der Waals surface area (Å²) in [6.07, 6.45) is 2.89. The number of nitrogen functional groups attached to an aromatic ring is 1. The number of ether oxygens (including phenoxy) is 1. The van der Waals surface area contributed by atoms with Gasteiger partial charge in [0.2, 0.25) is 5.91 Å². The molecule has 1 amide bonds. The van der Waals surface area contributed by atoms with Crippen LogP contribution in [-0.2, 0) is 16.0 Å². The van der Waals surface area contributed by atoms with Gasteiger partial charge in [-0.05, 0) is 19.4 Å². The summed E-state index contributed by atoms with van der Waals surface area (Å²) in [4.78, 5) is 18.4. The molecule has 0 bridgehead atoms. The van der Waals surface area contributed by atoms with Crippen LogP contribution >= 0.6 is 11.3 Å². The Kier molecular flexibility index (Phi) is 4.18. The molecular weight excluding hydrogens is 276 g/mol. The van der Waals surface area contributed by atoms with Crippen molar-refractivity contribution in [3.63, 3.8) is 0 Å². The lowest BCUT2D eigenvalue weighted by atomic mass is 10.2. The van der Waals surface area contributed by atoms with Gasteiger partial charge in [0.05, 0.1) is 24.8 Å². The highest BCUT2D eigenvalue weighted by molar-refractivity contribution is 7.13. The van der Waals surface area contributed by atoms with E-state index in [1.54, 1.807) is 0 Å². The lowest BCUT2D eigenvalue weighted by Crippen LogP contribution is -2.50. The van der Waals surface area contributed by atoms with Gasteiger partial charge in [0.1, 0.15) is 0 Å². The first-order chi connectivity index (χ1) is 9.70. The van der Waals surface area contributed by atoms with Gasteiger partial charge in [-0.15, -0.1) is 11.3 Å². The zero-order valence-electron chi connectivity index (χ0n) is 11.4. The van der Waals surface area contributed by atoms with Gasteiger partial charge < -0.3 is 15.8 Å². The van der Waals surface area contributed by atoms with Crippen molar-refractivity contribution in [2.45, 2.75) is 31.4 Å². The number of thiazole rings is 1. The van der Waals surface area contributed by atoms with Gasteiger partial charge in [-0.2, -0.15) is 0 Å². The third-order valence-electron chi connectivity index (χ3n) is 3.90. The summed E-state index contributed by atoms with van der Waals surface area (Å²) in [7, 11) is 0. The number of hydrogen-bond donors (Lipinski definition) is 2. The second-order valence-electron chi connectivity index (χ2n) is 5.40. The first-order valence-electron chi connectivity index (χ1n) is 7.03. The van der Waals surface area contributed by atoms with Crippen molar-refractivity contribution in [3.05, 3.63) is 11.1 Å². The van der Waals surface area contributed by atoms with E-state index in [-0.39, 0.29) is 18.4 Å². The summed E-state index contributed by atoms with van der Waals surface area (Å²) in [6, 6.07) is 0.597. The molecule has 20 heavy (non-hydrogen) atoms. The number of nitrogens with two attached hydrogens (primary N) is 1. The number of hydrogen-bond acceptors (Lipinski definition) is 6. The van der Waals surface area contributed by atoms with Crippen LogP contribution in [0.25, 0.3) is 0 Å². The first-order valence-corrected chi connectivity index (χ1v) is 7.91. The van der Waals surface area contributed by atoms with Crippen LogP contribution in [0.2, 0.25) is 0 Å². The first kappa shape index (κ1) is 13.8. The Labute approximate surface area is 122 Å². The van der Waals surface area contributed by atoms with E-state index in [1.165, 1.54) is 24.2 Å². The van der Waals surface area contributed by atoms with Crippen molar-refractivity contribution in [3.8, 4) is 0 Å². The van der Waals surface area contributed by atoms with Crippen molar-refractivity contribution in [2.75, 3.05) is 32.0 Å². The number of rotatable bonds is 4. The molecule has 2 aliphatic rings. The van der Waals surface area contributed by atoms with E-state index >= 15 is 0 Å². The molecule has 1 aromatic rings. The van der Waals surface area contributed by atoms with Crippen LogP contribution < -0.4 is 11.1 Å². The van der Waals surface area contributed by atoms with Crippen LogP contribution in [-0.4, -0.2) is 54.2 Å². The molecule has 2 atom stereocenters. The van der Waals surface area contributed by atoms with Gasteiger partial charge in [-0.1, -0.05) is 0 Å². The SMILES string of the molecule is Nc1nc(CC(=O)NCC2CN3CCCC3CO2)cs1. The Morgan fingerprint density at radius 3 is 3.35 bits per heavy atom. The molecule has 2 unspecified atom stereocenters. The maximum atomic E-state index is 11.8. The van der Waals surface area contributed by atoms with E-state index in [2.05, 4.69) is 15.2 Å². The van der Waals surface area contributed by atoms with E-state index < -0.39 is 0 Å². The molecule has 2 saturated heterocycles. The Bertz CT molecular complexity index is 479. The normalized spacial score (nSPS) is 26.4. The fourth-order valence-corrected chi connectivity index (χ4v) is 3.43. The van der Waals surface area contributed by atoms with Crippen LogP contribution in [0.1, 0.15) is 18.5 Å². The van der Waals surface area contributed by atoms with Crippen molar-refractivity contribution in [1.82, 2.24) is 15.2 Å². The third kappa shape index (κ3) is 3.28. The summed E-state index contributed by atoms with van der Waals surface area (Å²) in [6.45, 7) is 3.45. The molecule has 3 N–H and O–H groups in total. The van der Waals surface area contributed by atoms with E-state index in [1.807, 2.05) is 5.38 Å². The Morgan fingerprint density at radius 2 is 2.55 bits per heavy atom. The zero-order valence-corrected chi connectivity index (χ0v) is 12.2. The average molecular weight is 296 g/mol. The molecule has 0 radical (unpaired) electrons. The lowest BCUT2D eigenvalue weighted by molar-refractivity contribution is -0.122. The number of nitrogens with one attached hydrogen (secondary N) is 1. The fraction of sp³-hybridized carbons (Fsp3) is 0.692. The second-order valence-corrected chi connectivity index (χ2v) is 6.29. The molecule has 3 heterocycles. The summed E-state index contributed by atoms with van der Waals surface area (Å²) in [5, 5.41) is 5.25. The highest BCUT2D eigenvalue weighted by Gasteiger charge is 2.32. The summed E-state index contributed by atoms with van der Waals surface area (Å²) in [5.74, 6) is -0.0255. The van der Waals surface area contributed by atoms with Crippen LogP contribution in [0.5, 0.6) is 0 Å². The van der Waals surface area contributed by atoms with Crippen LogP contribution in [0.15, 0.2) is 5.38 Å². The molecule has 3 rings (SSSR count). The fourth-order valence-electron chi connectivity index (χ4n) is 2.87. The van der Waals surface area contributed by atoms with Crippen molar-refractivity contribution >= 4 is 22.4 Å². The number of carbonyl (C=O) groups is 1. The highest BCUT2D eigenvalue weighted by atomic mass is 32.1. The number of amides is 1. The van der Waals surface area contributed by atoms with E-state index in [0.717, 1.165) is 25.4 Å². The molecule has 0 aliphatic carbocycles. The van der Waals surface area contributed by atoms with Crippen molar-refractivity contribution in [2.24, 2.45) is 0 Å². The van der Waals surface area contributed by atoms with E-state index in [4.69, 9.17) is 10.5 Å². The minimum atomic E-state index is -0.0255. The summed E-state index contributed by atoms with van der Waals surface area (Å²) < 4.78 is 5.81. The van der Waals surface area contributed by atoms with E-state index in [9.17, 15) is 4.79 Å². The molecule has 0 saturated carbocycles. The third-order valence-corrected chi connectivity index (χ3v) is 4.62. The van der Waals surface area contributed by atoms with Crippen LogP contribution in [0.3, 0.4) is 0 Å². The largest absolute Gasteiger partial charge is 0.375 e. The average Bonchev–Trinajstić information content (AvgIpc) is 3.04. The number of anilines is 1. The number of fused-ring (bicyclic) bond motifs is 1. The molecule has 1 aromatic heterocycles. The quantitative estimate of drug-likeness (QED) is 0.832. The highest BCUT2D eigenvalue weighted by Crippen LogP contribution is 2.22. The molecule has 110 valence electrons. The van der Waals surface area contributed by atoms with Gasteiger partial charge in [0.15, 0.2) is 5.13 Å². The number of nitrogens with zero attached hydrogens (tertiary/aromatic N) is 2. The van der Waals surface area contributed by atoms with E-state index in [0.29, 0.717) is 17.7 Å². The molecule has 0 aromatic carbocycles. The van der Waals surface area contributed by atoms with Crippen LogP contribution in [0.4, 0.5) is 5.13 Å². The lowest BCUT2D eigenvalue weighted by Gasteiger charge is -2.35. The number of carbonyl (C=O) groups excluding carboxylic acids is 1. The molecule has 0 spiro atoms. The molecule has 2 fully saturated rings.